The van der Waals surface area contributed by atoms with Crippen LogP contribution in [0.2, 0.25) is 0 Å². The van der Waals surface area contributed by atoms with Crippen molar-refractivity contribution in [1.29, 1.82) is 0 Å². The second-order valence-electron chi connectivity index (χ2n) is 4.49. The van der Waals surface area contributed by atoms with Gasteiger partial charge in [0, 0.05) is 12.8 Å². The summed E-state index contributed by atoms with van der Waals surface area (Å²) < 4.78 is 4.87. The zero-order valence-corrected chi connectivity index (χ0v) is 10.2. The quantitative estimate of drug-likeness (QED) is 0.433. The molecule has 7 nitrogen and oxygen atoms in total. The highest BCUT2D eigenvalue weighted by Gasteiger charge is 2.24. The molecule has 7 heteroatoms. The predicted octanol–water partition coefficient (Wildman–Crippen LogP) is 0.879. The molecule has 0 heterocycles. The number of hydrogen-bond acceptors (Lipinski definition) is 5. The fourth-order valence-corrected chi connectivity index (χ4v) is 0.924. The monoisotopic (exact) mass is 246 g/mol. The van der Waals surface area contributed by atoms with Gasteiger partial charge in [-0.05, 0) is 27.2 Å². The van der Waals surface area contributed by atoms with Gasteiger partial charge >= 0.3 is 12.1 Å². The summed E-state index contributed by atoms with van der Waals surface area (Å²) in [5, 5.41) is 8.75. The van der Waals surface area contributed by atoms with E-state index in [-0.39, 0.29) is 19.3 Å². The first-order valence-corrected chi connectivity index (χ1v) is 5.16. The van der Waals surface area contributed by atoms with Crippen molar-refractivity contribution < 1.29 is 24.2 Å². The van der Waals surface area contributed by atoms with Crippen LogP contribution in [0.3, 0.4) is 0 Å². The molecule has 0 aliphatic carbocycles. The van der Waals surface area contributed by atoms with E-state index in [9.17, 15) is 14.4 Å². The van der Waals surface area contributed by atoms with Crippen molar-refractivity contribution in [2.45, 2.75) is 45.6 Å². The molecule has 3 N–H and O–H groups in total. The van der Waals surface area contributed by atoms with Crippen molar-refractivity contribution >= 4 is 18.0 Å². The van der Waals surface area contributed by atoms with Crippen molar-refractivity contribution in [3.05, 3.63) is 0 Å². The highest BCUT2D eigenvalue weighted by atomic mass is 16.6. The number of ether oxygens (including phenoxy) is 1. The van der Waals surface area contributed by atoms with Gasteiger partial charge in [-0.25, -0.2) is 10.6 Å². The first-order valence-electron chi connectivity index (χ1n) is 5.16. The Bertz CT molecular complexity index is 308. The average molecular weight is 246 g/mol. The van der Waals surface area contributed by atoms with Gasteiger partial charge in [-0.1, -0.05) is 0 Å². The maximum absolute atomic E-state index is 11.4. The number of hydrazine groups is 1. The van der Waals surface area contributed by atoms with E-state index in [4.69, 9.17) is 15.7 Å². The minimum Gasteiger partial charge on any atom is -0.481 e. The minimum atomic E-state index is -1.00. The number of carboxylic acid groups (broad SMARTS) is 1. The highest BCUT2D eigenvalue weighted by molar-refractivity contribution is 5.91. The molecule has 0 rings (SSSR count). The van der Waals surface area contributed by atoms with Crippen LogP contribution < -0.4 is 5.84 Å². The summed E-state index contributed by atoms with van der Waals surface area (Å²) in [4.78, 5) is 32.9. The van der Waals surface area contributed by atoms with Crippen LogP contribution >= 0.6 is 0 Å². The molecule has 0 unspecified atom stereocenters. The van der Waals surface area contributed by atoms with Crippen LogP contribution in [0.4, 0.5) is 4.79 Å². The van der Waals surface area contributed by atoms with Crippen LogP contribution in [-0.2, 0) is 14.3 Å². The first kappa shape index (κ1) is 15.4. The van der Waals surface area contributed by atoms with Crippen molar-refractivity contribution in [3.63, 3.8) is 0 Å². The topological polar surface area (TPSA) is 110 Å². The van der Waals surface area contributed by atoms with Gasteiger partial charge < -0.3 is 9.84 Å². The number of nitrogens with zero attached hydrogens (tertiary/aromatic N) is 1. The molecule has 0 fully saturated rings. The molecule has 0 saturated carbocycles. The molecule has 2 amide bonds. The van der Waals surface area contributed by atoms with Crippen LogP contribution in [0.1, 0.15) is 40.0 Å². The SMILES string of the molecule is CC(C)(C)OC(=O)N(N)C(=O)CCCC(=O)O. The zero-order valence-electron chi connectivity index (χ0n) is 10.2. The number of carbonyl (C=O) groups is 3. The normalized spacial score (nSPS) is 10.8. The van der Waals surface area contributed by atoms with Crippen LogP contribution in [0.25, 0.3) is 0 Å². The molecule has 0 bridgehead atoms. The van der Waals surface area contributed by atoms with E-state index in [1.165, 1.54) is 0 Å². The summed E-state index contributed by atoms with van der Waals surface area (Å²) >= 11 is 0. The van der Waals surface area contributed by atoms with Gasteiger partial charge in [0.2, 0.25) is 5.91 Å². The smallest absolute Gasteiger partial charge is 0.431 e. The third-order valence-corrected chi connectivity index (χ3v) is 1.64. The number of aliphatic carboxylic acids is 1. The van der Waals surface area contributed by atoms with Gasteiger partial charge in [0.05, 0.1) is 0 Å². The fraction of sp³-hybridized carbons (Fsp3) is 0.700. The Kier molecular flexibility index (Phi) is 5.60. The Morgan fingerprint density at radius 1 is 1.24 bits per heavy atom. The van der Waals surface area contributed by atoms with Crippen LogP contribution in [-0.4, -0.2) is 33.7 Å². The van der Waals surface area contributed by atoms with E-state index in [0.29, 0.717) is 5.01 Å². The highest BCUT2D eigenvalue weighted by Crippen LogP contribution is 2.09. The predicted molar refractivity (Wildman–Crippen MR) is 58.8 cm³/mol. The molecule has 0 aliphatic heterocycles. The summed E-state index contributed by atoms with van der Waals surface area (Å²) in [6.07, 6.45) is -1.07. The number of carboxylic acids is 1. The Balaban J connectivity index is 4.12. The molecular formula is C10H18N2O5. The molecule has 98 valence electrons. The van der Waals surface area contributed by atoms with Crippen LogP contribution in [0.5, 0.6) is 0 Å². The summed E-state index contributed by atoms with van der Waals surface area (Å²) in [7, 11) is 0. The lowest BCUT2D eigenvalue weighted by molar-refractivity contribution is -0.137. The van der Waals surface area contributed by atoms with Crippen LogP contribution in [0.15, 0.2) is 0 Å². The van der Waals surface area contributed by atoms with Gasteiger partial charge in [-0.15, -0.1) is 0 Å². The minimum absolute atomic E-state index is 0.109. The molecule has 0 aliphatic rings. The molecular weight excluding hydrogens is 228 g/mol. The van der Waals surface area contributed by atoms with Gasteiger partial charge in [-0.3, -0.25) is 9.59 Å². The zero-order chi connectivity index (χ0) is 13.6. The molecule has 0 radical (unpaired) electrons. The molecule has 17 heavy (non-hydrogen) atoms. The number of carbonyl (C=O) groups excluding carboxylic acids is 2. The Hall–Kier alpha value is -1.63. The van der Waals surface area contributed by atoms with Gasteiger partial charge in [0.25, 0.3) is 0 Å². The molecule has 0 aromatic heterocycles. The standard InChI is InChI=1S/C10H18N2O5/c1-10(2,3)17-9(16)12(11)7(13)5-4-6-8(14)15/h4-6,11H2,1-3H3,(H,14,15). The Morgan fingerprint density at radius 3 is 2.18 bits per heavy atom. The largest absolute Gasteiger partial charge is 0.481 e. The summed E-state index contributed by atoms with van der Waals surface area (Å²) in [5.41, 5.74) is -0.740. The lowest BCUT2D eigenvalue weighted by Gasteiger charge is -2.23. The number of amides is 2. The second kappa shape index (κ2) is 6.19. The lowest BCUT2D eigenvalue weighted by Crippen LogP contribution is -2.45. The summed E-state index contributed by atoms with van der Waals surface area (Å²) in [6, 6.07) is 0. The third-order valence-electron chi connectivity index (χ3n) is 1.64. The van der Waals surface area contributed by atoms with Crippen LogP contribution in [0, 0.1) is 0 Å². The second-order valence-corrected chi connectivity index (χ2v) is 4.49. The van der Waals surface area contributed by atoms with Crippen molar-refractivity contribution in [1.82, 2.24) is 5.01 Å². The number of hydrogen-bond donors (Lipinski definition) is 2. The fourth-order valence-electron chi connectivity index (χ4n) is 0.924. The number of nitrogens with two attached hydrogens (primary N) is 1. The van der Waals surface area contributed by atoms with E-state index in [1.807, 2.05) is 0 Å². The van der Waals surface area contributed by atoms with Crippen molar-refractivity contribution in [3.8, 4) is 0 Å². The maximum Gasteiger partial charge on any atom is 0.431 e. The van der Waals surface area contributed by atoms with Crippen molar-refractivity contribution in [2.24, 2.45) is 5.84 Å². The summed E-state index contributed by atoms with van der Waals surface area (Å²) in [6.45, 7) is 4.94. The Labute approximate surface area is 99.5 Å². The van der Waals surface area contributed by atoms with E-state index in [0.717, 1.165) is 0 Å². The van der Waals surface area contributed by atoms with Gasteiger partial charge in [-0.2, -0.15) is 5.01 Å². The maximum atomic E-state index is 11.4. The molecule has 0 aromatic carbocycles. The number of rotatable bonds is 4. The Morgan fingerprint density at radius 2 is 1.76 bits per heavy atom. The van der Waals surface area contributed by atoms with E-state index in [1.54, 1.807) is 20.8 Å². The van der Waals surface area contributed by atoms with E-state index >= 15 is 0 Å². The molecule has 0 atom stereocenters. The lowest BCUT2D eigenvalue weighted by atomic mass is 10.2. The molecule has 0 saturated heterocycles. The van der Waals surface area contributed by atoms with E-state index in [2.05, 4.69) is 0 Å². The first-order chi connectivity index (χ1) is 7.63. The molecule has 0 aromatic rings. The van der Waals surface area contributed by atoms with Gasteiger partial charge in [0.15, 0.2) is 0 Å². The summed E-state index contributed by atoms with van der Waals surface area (Å²) in [5.74, 6) is 3.58. The molecule has 0 spiro atoms. The van der Waals surface area contributed by atoms with Crippen molar-refractivity contribution in [2.75, 3.05) is 0 Å². The number of imide groups is 1. The average Bonchev–Trinajstić information content (AvgIpc) is 2.13. The third kappa shape index (κ3) is 7.29. The van der Waals surface area contributed by atoms with Gasteiger partial charge in [0.1, 0.15) is 5.60 Å². The van der Waals surface area contributed by atoms with E-state index < -0.39 is 23.6 Å².